The van der Waals surface area contributed by atoms with Crippen molar-refractivity contribution in [3.8, 4) is 0 Å². The summed E-state index contributed by atoms with van der Waals surface area (Å²) in [5.74, 6) is -1.41. The molecule has 0 saturated carbocycles. The maximum atomic E-state index is 13.8. The fourth-order valence-corrected chi connectivity index (χ4v) is 2.19. The molecule has 2 aromatic rings. The molecule has 0 spiro atoms. The van der Waals surface area contributed by atoms with Crippen molar-refractivity contribution in [2.24, 2.45) is 0 Å². The maximum absolute atomic E-state index is 13.8. The van der Waals surface area contributed by atoms with Crippen LogP contribution in [0, 0.1) is 5.82 Å². The Balaban J connectivity index is 2.14. The van der Waals surface area contributed by atoms with Gasteiger partial charge in [0.1, 0.15) is 5.82 Å². The van der Waals surface area contributed by atoms with E-state index < -0.39 is 5.97 Å². The number of hydrogen-bond donors (Lipinski definition) is 1. The summed E-state index contributed by atoms with van der Waals surface area (Å²) in [6.07, 6.45) is 0. The number of hydrogen-bond acceptors (Lipinski definition) is 2. The first kappa shape index (κ1) is 15.2. The summed E-state index contributed by atoms with van der Waals surface area (Å²) in [7, 11) is 0. The molecule has 2 aromatic carbocycles. The molecule has 0 fully saturated rings. The van der Waals surface area contributed by atoms with Gasteiger partial charge in [-0.25, -0.2) is 9.18 Å². The van der Waals surface area contributed by atoms with Crippen LogP contribution in [0.15, 0.2) is 48.5 Å². The summed E-state index contributed by atoms with van der Waals surface area (Å²) in [4.78, 5) is 13.0. The number of benzene rings is 2. The molecule has 3 nitrogen and oxygen atoms in total. The minimum atomic E-state index is -1.04. The molecule has 0 aliphatic heterocycles. The molecule has 21 heavy (non-hydrogen) atoms. The summed E-state index contributed by atoms with van der Waals surface area (Å²) in [6, 6.07) is 13.8. The molecule has 0 aliphatic carbocycles. The first-order valence-corrected chi connectivity index (χ1v) is 6.88. The summed E-state index contributed by atoms with van der Waals surface area (Å²) in [5.41, 5.74) is 1.67. The van der Waals surface area contributed by atoms with Crippen LogP contribution < -0.4 is 0 Å². The van der Waals surface area contributed by atoms with E-state index in [2.05, 4.69) is 4.90 Å². The minimum Gasteiger partial charge on any atom is -0.478 e. The van der Waals surface area contributed by atoms with Gasteiger partial charge in [-0.2, -0.15) is 0 Å². The number of aromatic carboxylic acids is 1. The van der Waals surface area contributed by atoms with E-state index in [4.69, 9.17) is 5.11 Å². The van der Waals surface area contributed by atoms with E-state index in [9.17, 15) is 9.18 Å². The van der Waals surface area contributed by atoms with Crippen molar-refractivity contribution >= 4 is 5.97 Å². The fourth-order valence-electron chi connectivity index (χ4n) is 2.19. The zero-order chi connectivity index (χ0) is 15.2. The molecule has 0 saturated heterocycles. The Morgan fingerprint density at radius 1 is 1.14 bits per heavy atom. The van der Waals surface area contributed by atoms with Crippen LogP contribution in [-0.4, -0.2) is 22.5 Å². The zero-order valence-electron chi connectivity index (χ0n) is 11.9. The Morgan fingerprint density at radius 2 is 1.86 bits per heavy atom. The first-order valence-electron chi connectivity index (χ1n) is 6.88. The van der Waals surface area contributed by atoms with E-state index in [1.54, 1.807) is 0 Å². The van der Waals surface area contributed by atoms with Crippen LogP contribution in [0.4, 0.5) is 4.39 Å². The molecule has 4 heteroatoms. The molecule has 0 aromatic heterocycles. The highest BCUT2D eigenvalue weighted by atomic mass is 19.1. The Labute approximate surface area is 123 Å². The van der Waals surface area contributed by atoms with Crippen molar-refractivity contribution in [1.82, 2.24) is 4.90 Å². The third kappa shape index (κ3) is 4.13. The Hall–Kier alpha value is -2.20. The quantitative estimate of drug-likeness (QED) is 0.883. The van der Waals surface area contributed by atoms with Crippen LogP contribution in [0.25, 0.3) is 0 Å². The lowest BCUT2D eigenvalue weighted by Gasteiger charge is -2.21. The van der Waals surface area contributed by atoms with Gasteiger partial charge >= 0.3 is 5.97 Å². The van der Waals surface area contributed by atoms with Gasteiger partial charge in [0.2, 0.25) is 0 Å². The normalized spacial score (nSPS) is 10.8. The highest BCUT2D eigenvalue weighted by molar-refractivity contribution is 5.87. The molecule has 0 amide bonds. The summed E-state index contributed by atoms with van der Waals surface area (Å²) < 4.78 is 13.8. The number of nitrogens with zero attached hydrogens (tertiary/aromatic N) is 1. The number of carboxylic acid groups (broad SMARTS) is 1. The largest absolute Gasteiger partial charge is 0.478 e. The minimum absolute atomic E-state index is 0.113. The molecule has 0 radical (unpaired) electrons. The SMILES string of the molecule is CCN(Cc1ccccc1)Cc1cc(C(=O)O)ccc1F. The van der Waals surface area contributed by atoms with Gasteiger partial charge in [-0.05, 0) is 30.3 Å². The van der Waals surface area contributed by atoms with Crippen molar-refractivity contribution in [2.45, 2.75) is 20.0 Å². The standard InChI is InChI=1S/C17H18FNO2/c1-2-19(11-13-6-4-3-5-7-13)12-15-10-14(17(20)21)8-9-16(15)18/h3-10H,2,11-12H2,1H3,(H,20,21). The predicted octanol–water partition coefficient (Wildman–Crippen LogP) is 3.55. The van der Waals surface area contributed by atoms with Gasteiger partial charge in [0.05, 0.1) is 5.56 Å². The molecule has 0 bridgehead atoms. The van der Waals surface area contributed by atoms with E-state index in [0.29, 0.717) is 18.7 Å². The van der Waals surface area contributed by atoms with Crippen LogP contribution in [0.1, 0.15) is 28.4 Å². The number of carboxylic acids is 1. The van der Waals surface area contributed by atoms with Gasteiger partial charge in [0.25, 0.3) is 0 Å². The van der Waals surface area contributed by atoms with Crippen molar-refractivity contribution in [2.75, 3.05) is 6.54 Å². The average Bonchev–Trinajstić information content (AvgIpc) is 2.49. The second-order valence-corrected chi connectivity index (χ2v) is 4.90. The molecule has 0 heterocycles. The Bertz CT molecular complexity index is 613. The van der Waals surface area contributed by atoms with Crippen molar-refractivity contribution < 1.29 is 14.3 Å². The third-order valence-corrected chi connectivity index (χ3v) is 3.38. The fraction of sp³-hybridized carbons (Fsp3) is 0.235. The monoisotopic (exact) mass is 287 g/mol. The van der Waals surface area contributed by atoms with Crippen LogP contribution in [0.5, 0.6) is 0 Å². The lowest BCUT2D eigenvalue weighted by Crippen LogP contribution is -2.23. The number of halogens is 1. The van der Waals surface area contributed by atoms with E-state index in [1.165, 1.54) is 18.2 Å². The van der Waals surface area contributed by atoms with Crippen molar-refractivity contribution in [3.63, 3.8) is 0 Å². The number of rotatable bonds is 6. The van der Waals surface area contributed by atoms with E-state index in [1.807, 2.05) is 37.3 Å². The second-order valence-electron chi connectivity index (χ2n) is 4.90. The summed E-state index contributed by atoms with van der Waals surface area (Å²) in [5, 5.41) is 8.99. The predicted molar refractivity (Wildman–Crippen MR) is 79.6 cm³/mol. The summed E-state index contributed by atoms with van der Waals surface area (Å²) >= 11 is 0. The topological polar surface area (TPSA) is 40.5 Å². The molecule has 1 N–H and O–H groups in total. The number of carbonyl (C=O) groups is 1. The van der Waals surface area contributed by atoms with Crippen LogP contribution in [-0.2, 0) is 13.1 Å². The smallest absolute Gasteiger partial charge is 0.335 e. The molecule has 0 atom stereocenters. The molecule has 2 rings (SSSR count). The lowest BCUT2D eigenvalue weighted by atomic mass is 10.1. The molecular weight excluding hydrogens is 269 g/mol. The maximum Gasteiger partial charge on any atom is 0.335 e. The molecular formula is C17H18FNO2. The second kappa shape index (κ2) is 6.99. The van der Waals surface area contributed by atoms with Gasteiger partial charge < -0.3 is 5.11 Å². The highest BCUT2D eigenvalue weighted by Crippen LogP contribution is 2.15. The van der Waals surface area contributed by atoms with Crippen molar-refractivity contribution in [1.29, 1.82) is 0 Å². The van der Waals surface area contributed by atoms with Gasteiger partial charge in [0.15, 0.2) is 0 Å². The molecule has 0 aliphatic rings. The van der Waals surface area contributed by atoms with Gasteiger partial charge in [-0.1, -0.05) is 37.3 Å². The van der Waals surface area contributed by atoms with E-state index in [-0.39, 0.29) is 11.4 Å². The molecule has 0 unspecified atom stereocenters. The van der Waals surface area contributed by atoms with Gasteiger partial charge in [0, 0.05) is 18.7 Å². The van der Waals surface area contributed by atoms with Crippen LogP contribution in [0.2, 0.25) is 0 Å². The average molecular weight is 287 g/mol. The zero-order valence-corrected chi connectivity index (χ0v) is 11.9. The third-order valence-electron chi connectivity index (χ3n) is 3.38. The van der Waals surface area contributed by atoms with Crippen LogP contribution >= 0.6 is 0 Å². The highest BCUT2D eigenvalue weighted by Gasteiger charge is 2.12. The lowest BCUT2D eigenvalue weighted by molar-refractivity contribution is 0.0696. The van der Waals surface area contributed by atoms with Crippen LogP contribution in [0.3, 0.4) is 0 Å². The van der Waals surface area contributed by atoms with E-state index >= 15 is 0 Å². The Kier molecular flexibility index (Phi) is 5.06. The van der Waals surface area contributed by atoms with Crippen molar-refractivity contribution in [3.05, 3.63) is 71.0 Å². The van der Waals surface area contributed by atoms with E-state index in [0.717, 1.165) is 12.1 Å². The Morgan fingerprint density at radius 3 is 2.48 bits per heavy atom. The summed E-state index contributed by atoms with van der Waals surface area (Å²) in [6.45, 7) is 3.85. The van der Waals surface area contributed by atoms with Gasteiger partial charge in [-0.3, -0.25) is 4.90 Å². The first-order chi connectivity index (χ1) is 10.1. The molecule has 110 valence electrons. The van der Waals surface area contributed by atoms with Gasteiger partial charge in [-0.15, -0.1) is 0 Å².